The van der Waals surface area contributed by atoms with Crippen LogP contribution in [0.25, 0.3) is 0 Å². The number of hydroxylamine groups is 2. The highest BCUT2D eigenvalue weighted by Crippen LogP contribution is 2.45. The molecule has 27 heavy (non-hydrogen) atoms. The van der Waals surface area contributed by atoms with Crippen molar-refractivity contribution in [2.75, 3.05) is 18.6 Å². The van der Waals surface area contributed by atoms with Crippen LogP contribution in [0.1, 0.15) is 59.3 Å². The van der Waals surface area contributed by atoms with Gasteiger partial charge in [-0.1, -0.05) is 32.9 Å². The zero-order valence-corrected chi connectivity index (χ0v) is 17.9. The lowest BCUT2D eigenvalue weighted by Gasteiger charge is -2.27. The molecule has 7 heteroatoms. The second-order valence-electron chi connectivity index (χ2n) is 8.69. The van der Waals surface area contributed by atoms with Gasteiger partial charge in [0.1, 0.15) is 0 Å². The molecule has 0 aromatic rings. The maximum absolute atomic E-state index is 12.3. The van der Waals surface area contributed by atoms with Crippen LogP contribution >= 0.6 is 0 Å². The molecule has 2 fully saturated rings. The first-order chi connectivity index (χ1) is 12.6. The summed E-state index contributed by atoms with van der Waals surface area (Å²) in [5.74, 6) is 0.575. The molecule has 2 rings (SSSR count). The number of ether oxygens (including phenoxy) is 1. The maximum atomic E-state index is 12.3. The molecule has 2 heterocycles. The van der Waals surface area contributed by atoms with Crippen LogP contribution in [0.4, 0.5) is 0 Å². The monoisotopic (exact) mass is 401 g/mol. The van der Waals surface area contributed by atoms with Crippen LogP contribution in [0.2, 0.25) is 0 Å². The SMILES string of the molecule is CCCS(=O)(=O)C[C@@H]1[C@H](C/C=C\CCC(C)(C)C(=O)N(C)O)[C@@H]2CC[C@H]1O2. The van der Waals surface area contributed by atoms with Gasteiger partial charge in [0.2, 0.25) is 0 Å². The lowest BCUT2D eigenvalue weighted by Crippen LogP contribution is -2.36. The topological polar surface area (TPSA) is 83.9 Å². The number of rotatable bonds is 10. The number of nitrogens with zero attached hydrogens (tertiary/aromatic N) is 1. The fourth-order valence-corrected chi connectivity index (χ4v) is 6.31. The number of fused-ring (bicyclic) bond motifs is 2. The normalized spacial score (nSPS) is 28.2. The van der Waals surface area contributed by atoms with Gasteiger partial charge in [-0.25, -0.2) is 13.5 Å². The first kappa shape index (κ1) is 22.4. The summed E-state index contributed by atoms with van der Waals surface area (Å²) in [6.07, 6.45) is 9.32. The number of carbonyl (C=O) groups excluding carboxylic acids is 1. The van der Waals surface area contributed by atoms with Gasteiger partial charge < -0.3 is 4.74 Å². The summed E-state index contributed by atoms with van der Waals surface area (Å²) in [4.78, 5) is 11.9. The summed E-state index contributed by atoms with van der Waals surface area (Å²) in [6.45, 7) is 5.55. The third-order valence-corrected chi connectivity index (χ3v) is 7.86. The quantitative estimate of drug-likeness (QED) is 0.345. The van der Waals surface area contributed by atoms with Crippen LogP contribution in [0.5, 0.6) is 0 Å². The van der Waals surface area contributed by atoms with Gasteiger partial charge in [0.15, 0.2) is 9.84 Å². The van der Waals surface area contributed by atoms with E-state index in [4.69, 9.17) is 4.74 Å². The molecule has 2 saturated heterocycles. The highest BCUT2D eigenvalue weighted by atomic mass is 32.2. The van der Waals surface area contributed by atoms with Crippen molar-refractivity contribution in [3.63, 3.8) is 0 Å². The van der Waals surface area contributed by atoms with E-state index in [2.05, 4.69) is 12.2 Å². The Morgan fingerprint density at radius 2 is 1.85 bits per heavy atom. The van der Waals surface area contributed by atoms with Crippen LogP contribution in [0, 0.1) is 17.3 Å². The molecule has 4 atom stereocenters. The van der Waals surface area contributed by atoms with Crippen molar-refractivity contribution in [2.24, 2.45) is 17.3 Å². The van der Waals surface area contributed by atoms with E-state index >= 15 is 0 Å². The molecule has 156 valence electrons. The summed E-state index contributed by atoms with van der Waals surface area (Å²) in [7, 11) is -1.66. The van der Waals surface area contributed by atoms with Gasteiger partial charge in [0, 0.05) is 24.1 Å². The van der Waals surface area contributed by atoms with Crippen molar-refractivity contribution in [1.29, 1.82) is 0 Å². The highest BCUT2D eigenvalue weighted by molar-refractivity contribution is 7.91. The Morgan fingerprint density at radius 3 is 2.44 bits per heavy atom. The molecular formula is C20H35NO5S. The largest absolute Gasteiger partial charge is 0.374 e. The number of hydrogen-bond donors (Lipinski definition) is 1. The predicted molar refractivity (Wildman–Crippen MR) is 105 cm³/mol. The Bertz CT molecular complexity index is 641. The second kappa shape index (κ2) is 9.05. The van der Waals surface area contributed by atoms with E-state index in [-0.39, 0.29) is 41.5 Å². The zero-order chi connectivity index (χ0) is 20.2. The average Bonchev–Trinajstić information content (AvgIpc) is 3.15. The first-order valence-corrected chi connectivity index (χ1v) is 11.9. The number of carbonyl (C=O) groups is 1. The van der Waals surface area contributed by atoms with Gasteiger partial charge in [-0.3, -0.25) is 10.0 Å². The van der Waals surface area contributed by atoms with Crippen LogP contribution < -0.4 is 0 Å². The Balaban J connectivity index is 1.88. The van der Waals surface area contributed by atoms with E-state index in [0.717, 1.165) is 25.7 Å². The molecule has 0 aromatic heterocycles. The predicted octanol–water partition coefficient (Wildman–Crippen LogP) is 3.21. The molecule has 1 amide bonds. The number of hydrogen-bond acceptors (Lipinski definition) is 5. The molecule has 0 saturated carbocycles. The third-order valence-electron chi connectivity index (χ3n) is 5.94. The molecule has 2 aliphatic rings. The van der Waals surface area contributed by atoms with Gasteiger partial charge in [-0.15, -0.1) is 0 Å². The maximum Gasteiger partial charge on any atom is 0.251 e. The van der Waals surface area contributed by atoms with Crippen molar-refractivity contribution >= 4 is 15.7 Å². The Labute approximate surface area is 163 Å². The van der Waals surface area contributed by atoms with E-state index < -0.39 is 15.3 Å². The summed E-state index contributed by atoms with van der Waals surface area (Å²) in [5.41, 5.74) is -0.611. The minimum Gasteiger partial charge on any atom is -0.374 e. The van der Waals surface area contributed by atoms with Crippen molar-refractivity contribution in [3.8, 4) is 0 Å². The van der Waals surface area contributed by atoms with Crippen molar-refractivity contribution in [1.82, 2.24) is 5.06 Å². The number of allylic oxidation sites excluding steroid dienone is 2. The van der Waals surface area contributed by atoms with E-state index in [9.17, 15) is 18.4 Å². The zero-order valence-electron chi connectivity index (χ0n) is 17.1. The molecule has 0 spiro atoms. The van der Waals surface area contributed by atoms with Crippen LogP contribution in [0.3, 0.4) is 0 Å². The molecule has 0 radical (unpaired) electrons. The van der Waals surface area contributed by atoms with Crippen molar-refractivity contribution < 1.29 is 23.2 Å². The molecule has 2 aliphatic heterocycles. The molecule has 2 bridgehead atoms. The van der Waals surface area contributed by atoms with Crippen LogP contribution in [-0.4, -0.2) is 55.4 Å². The summed E-state index contributed by atoms with van der Waals surface area (Å²) in [6, 6.07) is 0. The number of amides is 1. The van der Waals surface area contributed by atoms with Gasteiger partial charge in [0.25, 0.3) is 5.91 Å². The van der Waals surface area contributed by atoms with E-state index in [1.54, 1.807) is 0 Å². The van der Waals surface area contributed by atoms with E-state index in [0.29, 0.717) is 17.9 Å². The van der Waals surface area contributed by atoms with E-state index in [1.165, 1.54) is 7.05 Å². The van der Waals surface area contributed by atoms with Crippen LogP contribution in [-0.2, 0) is 19.4 Å². The Kier molecular flexibility index (Phi) is 7.50. The lowest BCUT2D eigenvalue weighted by atomic mass is 9.78. The molecule has 0 aromatic carbocycles. The summed E-state index contributed by atoms with van der Waals surface area (Å²) in [5, 5.41) is 9.98. The molecule has 0 unspecified atom stereocenters. The molecule has 1 N–H and O–H groups in total. The fraction of sp³-hybridized carbons (Fsp3) is 0.850. The standard InChI is InChI=1S/C20H35NO5S/c1-5-13-27(24,25)14-16-15(17-10-11-18(16)26-17)9-7-6-8-12-20(2,3)19(22)21(4)23/h6-7,15-18,23H,5,8-14H2,1-4H3/b7-6-/t15-,16+,17-,18+/m0/s1. The van der Waals surface area contributed by atoms with Gasteiger partial charge in [-0.2, -0.15) is 0 Å². The number of sulfone groups is 1. The molecule has 0 aliphatic carbocycles. The Hall–Kier alpha value is -0.920. The minimum absolute atomic E-state index is 0.0941. The summed E-state index contributed by atoms with van der Waals surface area (Å²) < 4.78 is 30.6. The molecule has 6 nitrogen and oxygen atoms in total. The van der Waals surface area contributed by atoms with Crippen LogP contribution in [0.15, 0.2) is 12.2 Å². The van der Waals surface area contributed by atoms with Crippen molar-refractivity contribution in [2.45, 2.75) is 71.5 Å². The minimum atomic E-state index is -3.01. The second-order valence-corrected chi connectivity index (χ2v) is 10.9. The first-order valence-electron chi connectivity index (χ1n) is 10.1. The van der Waals surface area contributed by atoms with Gasteiger partial charge >= 0.3 is 0 Å². The lowest BCUT2D eigenvalue weighted by molar-refractivity contribution is -0.169. The summed E-state index contributed by atoms with van der Waals surface area (Å²) >= 11 is 0. The fourth-order valence-electron chi connectivity index (χ4n) is 4.48. The smallest absolute Gasteiger partial charge is 0.251 e. The average molecular weight is 402 g/mol. The highest BCUT2D eigenvalue weighted by Gasteiger charge is 2.49. The Morgan fingerprint density at radius 1 is 1.22 bits per heavy atom. The van der Waals surface area contributed by atoms with Gasteiger partial charge in [-0.05, 0) is 44.4 Å². The van der Waals surface area contributed by atoms with E-state index in [1.807, 2.05) is 20.8 Å². The van der Waals surface area contributed by atoms with Crippen molar-refractivity contribution in [3.05, 3.63) is 12.2 Å². The van der Waals surface area contributed by atoms with Gasteiger partial charge in [0.05, 0.1) is 18.0 Å². The third kappa shape index (κ3) is 5.78. The molecular weight excluding hydrogens is 366 g/mol.